The SMILES string of the molecule is COC(=O)c1c(N)c(C#N)cn1-c1ccc(S(=O)(=O)CCC#N)cc1. The van der Waals surface area contributed by atoms with E-state index in [-0.39, 0.29) is 34.0 Å². The molecule has 2 N–H and O–H groups in total. The van der Waals surface area contributed by atoms with Crippen molar-refractivity contribution < 1.29 is 17.9 Å². The standard InChI is InChI=1S/C16H14N4O4S/c1-24-16(21)15-14(19)11(9-18)10-20(15)12-3-5-13(6-4-12)25(22,23)8-2-7-17/h3-6,10H,2,8,19H2,1H3. The van der Waals surface area contributed by atoms with Gasteiger partial charge in [0, 0.05) is 18.3 Å². The zero-order chi connectivity index (χ0) is 18.6. The Hall–Kier alpha value is -3.30. The lowest BCUT2D eigenvalue weighted by molar-refractivity contribution is 0.0593. The third-order valence-corrected chi connectivity index (χ3v) is 5.23. The molecule has 1 aromatic carbocycles. The van der Waals surface area contributed by atoms with Gasteiger partial charge < -0.3 is 15.0 Å². The lowest BCUT2D eigenvalue weighted by atomic mass is 10.2. The summed E-state index contributed by atoms with van der Waals surface area (Å²) in [4.78, 5) is 12.0. The number of methoxy groups -OCH3 is 1. The molecule has 0 saturated carbocycles. The predicted molar refractivity (Wildman–Crippen MR) is 88.5 cm³/mol. The Morgan fingerprint density at radius 3 is 2.44 bits per heavy atom. The number of nitrogen functional groups attached to an aromatic ring is 1. The smallest absolute Gasteiger partial charge is 0.357 e. The number of aromatic nitrogens is 1. The van der Waals surface area contributed by atoms with E-state index in [1.54, 1.807) is 6.07 Å². The van der Waals surface area contributed by atoms with Crippen LogP contribution in [0, 0.1) is 22.7 Å². The van der Waals surface area contributed by atoms with Crippen LogP contribution in [0.3, 0.4) is 0 Å². The number of carbonyl (C=O) groups is 1. The van der Waals surface area contributed by atoms with Gasteiger partial charge in [0.25, 0.3) is 0 Å². The largest absolute Gasteiger partial charge is 0.464 e. The van der Waals surface area contributed by atoms with Crippen LogP contribution >= 0.6 is 0 Å². The molecule has 0 fully saturated rings. The summed E-state index contributed by atoms with van der Waals surface area (Å²) in [6.45, 7) is 0. The Morgan fingerprint density at radius 2 is 1.92 bits per heavy atom. The highest BCUT2D eigenvalue weighted by atomic mass is 32.2. The molecule has 0 bridgehead atoms. The summed E-state index contributed by atoms with van der Waals surface area (Å²) in [5.41, 5.74) is 6.32. The van der Waals surface area contributed by atoms with E-state index in [1.165, 1.54) is 42.1 Å². The highest BCUT2D eigenvalue weighted by Gasteiger charge is 2.22. The van der Waals surface area contributed by atoms with Gasteiger partial charge in [0.15, 0.2) is 15.5 Å². The third-order valence-electron chi connectivity index (χ3n) is 3.50. The maximum Gasteiger partial charge on any atom is 0.357 e. The van der Waals surface area contributed by atoms with Crippen LogP contribution in [0.5, 0.6) is 0 Å². The molecule has 0 unspecified atom stereocenters. The van der Waals surface area contributed by atoms with E-state index in [4.69, 9.17) is 16.3 Å². The topological polar surface area (TPSA) is 139 Å². The number of esters is 1. The molecule has 0 aliphatic rings. The molecule has 8 nitrogen and oxygen atoms in total. The molecule has 2 rings (SSSR count). The van der Waals surface area contributed by atoms with Crippen LogP contribution in [0.2, 0.25) is 0 Å². The van der Waals surface area contributed by atoms with E-state index in [1.807, 2.05) is 6.07 Å². The van der Waals surface area contributed by atoms with Crippen molar-refractivity contribution in [3.05, 3.63) is 41.7 Å². The Morgan fingerprint density at radius 1 is 1.28 bits per heavy atom. The summed E-state index contributed by atoms with van der Waals surface area (Å²) in [6, 6.07) is 9.37. The summed E-state index contributed by atoms with van der Waals surface area (Å²) in [5, 5.41) is 17.6. The highest BCUT2D eigenvalue weighted by Crippen LogP contribution is 2.25. The molecule has 2 aromatic rings. The normalized spacial score (nSPS) is 10.7. The number of benzene rings is 1. The van der Waals surface area contributed by atoms with Crippen LogP contribution in [0.1, 0.15) is 22.5 Å². The molecule has 0 radical (unpaired) electrons. The summed E-state index contributed by atoms with van der Waals surface area (Å²) in [6.07, 6.45) is 1.27. The van der Waals surface area contributed by atoms with Crippen molar-refractivity contribution in [3.63, 3.8) is 0 Å². The van der Waals surface area contributed by atoms with E-state index >= 15 is 0 Å². The third kappa shape index (κ3) is 3.47. The molecule has 0 saturated heterocycles. The van der Waals surface area contributed by atoms with Crippen LogP contribution < -0.4 is 5.73 Å². The molecular weight excluding hydrogens is 344 g/mol. The Labute approximate surface area is 144 Å². The van der Waals surface area contributed by atoms with Crippen molar-refractivity contribution in [3.8, 4) is 17.8 Å². The number of rotatable bonds is 5. The predicted octanol–water partition coefficient (Wildman–Crippen LogP) is 1.41. The van der Waals surface area contributed by atoms with E-state index in [2.05, 4.69) is 4.74 Å². The number of nitrogens with two attached hydrogens (primary N) is 1. The average Bonchev–Trinajstić information content (AvgIpc) is 2.96. The number of sulfone groups is 1. The molecular formula is C16H14N4O4S. The first-order chi connectivity index (χ1) is 11.9. The lowest BCUT2D eigenvalue weighted by Crippen LogP contribution is -2.11. The van der Waals surface area contributed by atoms with Crippen molar-refractivity contribution in [2.45, 2.75) is 11.3 Å². The maximum atomic E-state index is 12.1. The molecule has 1 aromatic heterocycles. The average molecular weight is 358 g/mol. The first-order valence-corrected chi connectivity index (χ1v) is 8.70. The van der Waals surface area contributed by atoms with Crippen LogP contribution in [0.4, 0.5) is 5.69 Å². The van der Waals surface area contributed by atoms with E-state index in [9.17, 15) is 13.2 Å². The fourth-order valence-corrected chi connectivity index (χ4v) is 3.38. The van der Waals surface area contributed by atoms with Crippen molar-refractivity contribution in [1.29, 1.82) is 10.5 Å². The number of ether oxygens (including phenoxy) is 1. The zero-order valence-corrected chi connectivity index (χ0v) is 14.1. The fourth-order valence-electron chi connectivity index (χ4n) is 2.23. The van der Waals surface area contributed by atoms with Gasteiger partial charge in [-0.1, -0.05) is 0 Å². The molecule has 0 aliphatic heterocycles. The first-order valence-electron chi connectivity index (χ1n) is 7.05. The second kappa shape index (κ2) is 7.07. The van der Waals surface area contributed by atoms with Crippen LogP contribution in [0.25, 0.3) is 5.69 Å². The van der Waals surface area contributed by atoms with E-state index in [0.717, 1.165) is 0 Å². The fraction of sp³-hybridized carbons (Fsp3) is 0.188. The van der Waals surface area contributed by atoms with Crippen molar-refractivity contribution >= 4 is 21.5 Å². The van der Waals surface area contributed by atoms with Gasteiger partial charge in [0.2, 0.25) is 0 Å². The summed E-state index contributed by atoms with van der Waals surface area (Å²) in [5.74, 6) is -0.990. The van der Waals surface area contributed by atoms with Gasteiger partial charge in [-0.2, -0.15) is 10.5 Å². The first kappa shape index (κ1) is 18.0. The number of nitriles is 2. The minimum atomic E-state index is -3.56. The molecule has 128 valence electrons. The van der Waals surface area contributed by atoms with Gasteiger partial charge in [0.05, 0.1) is 35.1 Å². The molecule has 25 heavy (non-hydrogen) atoms. The quantitative estimate of drug-likeness (QED) is 0.797. The minimum absolute atomic E-state index is 0.0138. The Kier molecular flexibility index (Phi) is 5.11. The summed E-state index contributed by atoms with van der Waals surface area (Å²) in [7, 11) is -2.37. The van der Waals surface area contributed by atoms with Gasteiger partial charge in [-0.3, -0.25) is 0 Å². The van der Waals surface area contributed by atoms with Crippen LogP contribution in [-0.2, 0) is 14.6 Å². The molecule has 1 heterocycles. The molecule has 9 heteroatoms. The van der Waals surface area contributed by atoms with Crippen molar-refractivity contribution in [2.75, 3.05) is 18.6 Å². The van der Waals surface area contributed by atoms with Gasteiger partial charge in [0.1, 0.15) is 6.07 Å². The van der Waals surface area contributed by atoms with Gasteiger partial charge in [-0.05, 0) is 24.3 Å². The second-order valence-electron chi connectivity index (χ2n) is 5.00. The lowest BCUT2D eigenvalue weighted by Gasteiger charge is -2.09. The number of hydrogen-bond donors (Lipinski definition) is 1. The van der Waals surface area contributed by atoms with Crippen LogP contribution in [-0.4, -0.2) is 31.8 Å². The summed E-state index contributed by atoms with van der Waals surface area (Å²) < 4.78 is 30.2. The van der Waals surface area contributed by atoms with Gasteiger partial charge >= 0.3 is 5.97 Å². The Balaban J connectivity index is 2.50. The molecule has 0 atom stereocenters. The van der Waals surface area contributed by atoms with Crippen LogP contribution in [0.15, 0.2) is 35.4 Å². The highest BCUT2D eigenvalue weighted by molar-refractivity contribution is 7.91. The van der Waals surface area contributed by atoms with Crippen molar-refractivity contribution in [2.24, 2.45) is 0 Å². The zero-order valence-electron chi connectivity index (χ0n) is 13.3. The van der Waals surface area contributed by atoms with Crippen molar-refractivity contribution in [1.82, 2.24) is 4.57 Å². The number of anilines is 1. The summed E-state index contributed by atoms with van der Waals surface area (Å²) >= 11 is 0. The van der Waals surface area contributed by atoms with Gasteiger partial charge in [-0.15, -0.1) is 0 Å². The molecule has 0 spiro atoms. The monoisotopic (exact) mass is 358 g/mol. The number of hydrogen-bond acceptors (Lipinski definition) is 7. The van der Waals surface area contributed by atoms with E-state index in [0.29, 0.717) is 5.69 Å². The number of carbonyl (C=O) groups excluding carboxylic acids is 1. The Bertz CT molecular complexity index is 992. The number of nitrogens with zero attached hydrogens (tertiary/aromatic N) is 3. The van der Waals surface area contributed by atoms with Gasteiger partial charge in [-0.25, -0.2) is 13.2 Å². The molecule has 0 amide bonds. The second-order valence-corrected chi connectivity index (χ2v) is 7.11. The maximum absolute atomic E-state index is 12.1. The molecule has 0 aliphatic carbocycles. The minimum Gasteiger partial charge on any atom is -0.464 e. The van der Waals surface area contributed by atoms with E-state index < -0.39 is 15.8 Å².